The van der Waals surface area contributed by atoms with Crippen LogP contribution in [0.4, 0.5) is 24.5 Å². The second kappa shape index (κ2) is 5.66. The van der Waals surface area contributed by atoms with Crippen molar-refractivity contribution >= 4 is 23.0 Å². The minimum Gasteiger partial charge on any atom is -0.354 e. The molecule has 0 amide bonds. The predicted molar refractivity (Wildman–Crippen MR) is 75.6 cm³/mol. The Bertz CT molecular complexity index is 718. The molecule has 0 fully saturated rings. The fourth-order valence-electron chi connectivity index (χ4n) is 1.80. The van der Waals surface area contributed by atoms with Gasteiger partial charge in [-0.2, -0.15) is 18.4 Å². The molecular formula is C15H10ClF3N2. The number of halogens is 4. The quantitative estimate of drug-likeness (QED) is 0.819. The molecule has 0 aliphatic rings. The molecule has 0 saturated carbocycles. The Morgan fingerprint density at radius 3 is 2.43 bits per heavy atom. The smallest absolute Gasteiger partial charge is 0.354 e. The Kier molecular flexibility index (Phi) is 4.10. The molecule has 2 aromatic rings. The van der Waals surface area contributed by atoms with Crippen molar-refractivity contribution in [3.63, 3.8) is 0 Å². The summed E-state index contributed by atoms with van der Waals surface area (Å²) in [5.41, 5.74) is 0.870. The minimum atomic E-state index is -4.48. The molecule has 0 aromatic heterocycles. The summed E-state index contributed by atoms with van der Waals surface area (Å²) >= 11 is 5.89. The number of rotatable bonds is 2. The van der Waals surface area contributed by atoms with Crippen molar-refractivity contribution in [3.8, 4) is 6.07 Å². The van der Waals surface area contributed by atoms with Crippen molar-refractivity contribution in [1.29, 1.82) is 5.26 Å². The normalized spacial score (nSPS) is 11.0. The lowest BCUT2D eigenvalue weighted by atomic mass is 10.1. The number of hydrogen-bond acceptors (Lipinski definition) is 2. The maximum absolute atomic E-state index is 12.6. The highest BCUT2D eigenvalue weighted by Gasteiger charge is 2.31. The van der Waals surface area contributed by atoms with Crippen LogP contribution in [0.25, 0.3) is 0 Å². The van der Waals surface area contributed by atoms with Crippen LogP contribution in [0.1, 0.15) is 16.7 Å². The molecule has 0 radical (unpaired) electrons. The molecule has 108 valence electrons. The molecule has 0 atom stereocenters. The van der Waals surface area contributed by atoms with Gasteiger partial charge in [0.1, 0.15) is 6.07 Å². The second-order valence-electron chi connectivity index (χ2n) is 4.45. The SMILES string of the molecule is Cc1ccc(Cl)cc1Nc1ccc(C(F)(F)F)cc1C#N. The van der Waals surface area contributed by atoms with Crippen LogP contribution >= 0.6 is 11.6 Å². The van der Waals surface area contributed by atoms with E-state index >= 15 is 0 Å². The molecule has 0 unspecified atom stereocenters. The Morgan fingerprint density at radius 1 is 1.10 bits per heavy atom. The van der Waals surface area contributed by atoms with Gasteiger partial charge in [0, 0.05) is 10.7 Å². The van der Waals surface area contributed by atoms with Crippen molar-refractivity contribution in [3.05, 3.63) is 58.1 Å². The van der Waals surface area contributed by atoms with Crippen LogP contribution in [0, 0.1) is 18.3 Å². The van der Waals surface area contributed by atoms with Gasteiger partial charge in [0.2, 0.25) is 0 Å². The Morgan fingerprint density at radius 2 is 1.81 bits per heavy atom. The van der Waals surface area contributed by atoms with Crippen molar-refractivity contribution in [2.75, 3.05) is 5.32 Å². The number of alkyl halides is 3. The fraction of sp³-hybridized carbons (Fsp3) is 0.133. The van der Waals surface area contributed by atoms with Crippen LogP contribution in [0.15, 0.2) is 36.4 Å². The van der Waals surface area contributed by atoms with E-state index in [0.717, 1.165) is 17.7 Å². The Labute approximate surface area is 124 Å². The summed E-state index contributed by atoms with van der Waals surface area (Å²) in [4.78, 5) is 0. The van der Waals surface area contributed by atoms with Gasteiger partial charge in [-0.25, -0.2) is 0 Å². The number of nitrogens with one attached hydrogen (secondary N) is 1. The van der Waals surface area contributed by atoms with E-state index in [4.69, 9.17) is 16.9 Å². The van der Waals surface area contributed by atoms with Crippen molar-refractivity contribution in [1.82, 2.24) is 0 Å². The molecule has 2 nitrogen and oxygen atoms in total. The first-order valence-corrected chi connectivity index (χ1v) is 6.33. The van der Waals surface area contributed by atoms with E-state index in [1.54, 1.807) is 24.3 Å². The van der Waals surface area contributed by atoms with Gasteiger partial charge in [-0.3, -0.25) is 0 Å². The van der Waals surface area contributed by atoms with Crippen LogP contribution in [0.5, 0.6) is 0 Å². The van der Waals surface area contributed by atoms with Crippen LogP contribution in [0.3, 0.4) is 0 Å². The summed E-state index contributed by atoms with van der Waals surface area (Å²) in [5.74, 6) is 0. The lowest BCUT2D eigenvalue weighted by Crippen LogP contribution is -2.06. The first kappa shape index (κ1) is 15.2. The Balaban J connectivity index is 2.41. The predicted octanol–water partition coefficient (Wildman–Crippen LogP) is 5.28. The number of benzene rings is 2. The number of nitrogens with zero attached hydrogens (tertiary/aromatic N) is 1. The van der Waals surface area contributed by atoms with Gasteiger partial charge in [-0.15, -0.1) is 0 Å². The first-order valence-electron chi connectivity index (χ1n) is 5.96. The van der Waals surface area contributed by atoms with Gasteiger partial charge in [-0.05, 0) is 42.8 Å². The van der Waals surface area contributed by atoms with Crippen LogP contribution < -0.4 is 5.32 Å². The molecule has 0 saturated heterocycles. The van der Waals surface area contributed by atoms with Gasteiger partial charge in [0.15, 0.2) is 0 Å². The number of anilines is 2. The summed E-state index contributed by atoms with van der Waals surface area (Å²) in [6.07, 6.45) is -4.48. The summed E-state index contributed by atoms with van der Waals surface area (Å²) < 4.78 is 37.9. The number of nitriles is 1. The van der Waals surface area contributed by atoms with Gasteiger partial charge in [-0.1, -0.05) is 17.7 Å². The molecule has 0 bridgehead atoms. The fourth-order valence-corrected chi connectivity index (χ4v) is 1.97. The zero-order chi connectivity index (χ0) is 15.6. The monoisotopic (exact) mass is 310 g/mol. The van der Waals surface area contributed by atoms with Crippen LogP contribution in [-0.4, -0.2) is 0 Å². The summed E-state index contributed by atoms with van der Waals surface area (Å²) in [6, 6.07) is 9.90. The second-order valence-corrected chi connectivity index (χ2v) is 4.89. The van der Waals surface area contributed by atoms with Gasteiger partial charge < -0.3 is 5.32 Å². The van der Waals surface area contributed by atoms with Crippen molar-refractivity contribution in [2.45, 2.75) is 13.1 Å². The maximum atomic E-state index is 12.6. The van der Waals surface area contributed by atoms with E-state index in [-0.39, 0.29) is 5.56 Å². The van der Waals surface area contributed by atoms with Crippen LogP contribution in [0.2, 0.25) is 5.02 Å². The largest absolute Gasteiger partial charge is 0.416 e. The average molecular weight is 311 g/mol. The molecule has 2 aromatic carbocycles. The average Bonchev–Trinajstić information content (AvgIpc) is 2.42. The molecule has 0 aliphatic heterocycles. The number of hydrogen-bond donors (Lipinski definition) is 1. The van der Waals surface area contributed by atoms with Gasteiger partial charge in [0.05, 0.1) is 16.8 Å². The molecule has 1 N–H and O–H groups in total. The molecule has 0 spiro atoms. The highest BCUT2D eigenvalue weighted by atomic mass is 35.5. The van der Waals surface area contributed by atoms with Gasteiger partial charge >= 0.3 is 6.18 Å². The van der Waals surface area contributed by atoms with E-state index in [0.29, 0.717) is 16.4 Å². The third-order valence-electron chi connectivity index (χ3n) is 2.94. The topological polar surface area (TPSA) is 35.8 Å². The number of aryl methyl sites for hydroxylation is 1. The van der Waals surface area contributed by atoms with Crippen molar-refractivity contribution < 1.29 is 13.2 Å². The third-order valence-corrected chi connectivity index (χ3v) is 3.17. The Hall–Kier alpha value is -2.19. The summed E-state index contributed by atoms with van der Waals surface area (Å²) in [6.45, 7) is 1.83. The third kappa shape index (κ3) is 3.47. The van der Waals surface area contributed by atoms with Crippen LogP contribution in [-0.2, 0) is 6.18 Å². The minimum absolute atomic E-state index is 0.0794. The lowest BCUT2D eigenvalue weighted by molar-refractivity contribution is -0.137. The van der Waals surface area contributed by atoms with E-state index in [2.05, 4.69) is 5.32 Å². The maximum Gasteiger partial charge on any atom is 0.416 e. The zero-order valence-electron chi connectivity index (χ0n) is 10.9. The molecule has 21 heavy (non-hydrogen) atoms. The standard InChI is InChI=1S/C15H10ClF3N2/c1-9-2-4-12(16)7-14(9)21-13-5-3-11(15(17,18)19)6-10(13)8-20/h2-7,21H,1H3. The van der Waals surface area contributed by atoms with E-state index < -0.39 is 11.7 Å². The molecule has 0 heterocycles. The molecule has 0 aliphatic carbocycles. The first-order chi connectivity index (χ1) is 9.81. The molecular weight excluding hydrogens is 301 g/mol. The van der Waals surface area contributed by atoms with Gasteiger partial charge in [0.25, 0.3) is 0 Å². The van der Waals surface area contributed by atoms with E-state index in [1.165, 1.54) is 6.07 Å². The molecule has 2 rings (SSSR count). The summed E-state index contributed by atoms with van der Waals surface area (Å²) in [7, 11) is 0. The zero-order valence-corrected chi connectivity index (χ0v) is 11.7. The van der Waals surface area contributed by atoms with E-state index in [9.17, 15) is 13.2 Å². The molecule has 6 heteroatoms. The van der Waals surface area contributed by atoms with Crippen molar-refractivity contribution in [2.24, 2.45) is 0 Å². The highest BCUT2D eigenvalue weighted by Crippen LogP contribution is 2.33. The summed E-state index contributed by atoms with van der Waals surface area (Å²) in [5, 5.41) is 12.5. The lowest BCUT2D eigenvalue weighted by Gasteiger charge is -2.13. The van der Waals surface area contributed by atoms with E-state index in [1.807, 2.05) is 6.92 Å². The highest BCUT2D eigenvalue weighted by molar-refractivity contribution is 6.30.